The lowest BCUT2D eigenvalue weighted by molar-refractivity contribution is 0.232. The molecule has 2 aliphatic rings. The van der Waals surface area contributed by atoms with Gasteiger partial charge in [-0.15, -0.1) is 0 Å². The Kier molecular flexibility index (Phi) is 2.12. The van der Waals surface area contributed by atoms with Crippen LogP contribution < -0.4 is 0 Å². The summed E-state index contributed by atoms with van der Waals surface area (Å²) in [6, 6.07) is 11.2. The van der Waals surface area contributed by atoms with Crippen LogP contribution in [0.25, 0.3) is 0 Å². The standard InChI is InChI=1S/C15H20/c1-10-11(2)14-8-13(10)9-15(14)12-6-4-3-5-7-12/h3-7,10-11,13-15H,8-9H2,1-2H3/t10?,11?,13-,14+,15?/m0/s1. The zero-order chi connectivity index (χ0) is 10.4. The molecule has 1 aromatic rings. The second-order valence-electron chi connectivity index (χ2n) is 5.63. The van der Waals surface area contributed by atoms with Gasteiger partial charge >= 0.3 is 0 Å². The quantitative estimate of drug-likeness (QED) is 0.640. The van der Waals surface area contributed by atoms with Gasteiger partial charge in [0.15, 0.2) is 0 Å². The third-order valence-corrected chi connectivity index (χ3v) is 5.12. The van der Waals surface area contributed by atoms with Crippen molar-refractivity contribution in [2.45, 2.75) is 32.6 Å². The number of hydrogen-bond acceptors (Lipinski definition) is 0. The van der Waals surface area contributed by atoms with Crippen molar-refractivity contribution in [2.24, 2.45) is 23.7 Å². The molecule has 3 unspecified atom stereocenters. The molecule has 0 aromatic heterocycles. The smallest absolute Gasteiger partial charge is 0.0128 e. The maximum atomic E-state index is 2.46. The van der Waals surface area contributed by atoms with Crippen LogP contribution in [0.3, 0.4) is 0 Å². The van der Waals surface area contributed by atoms with E-state index in [1.165, 1.54) is 12.8 Å². The van der Waals surface area contributed by atoms with Crippen LogP contribution in [0.4, 0.5) is 0 Å². The summed E-state index contributed by atoms with van der Waals surface area (Å²) in [5.41, 5.74) is 1.59. The van der Waals surface area contributed by atoms with E-state index in [9.17, 15) is 0 Å². The zero-order valence-corrected chi connectivity index (χ0v) is 9.69. The lowest BCUT2D eigenvalue weighted by atomic mass is 9.73. The molecule has 15 heavy (non-hydrogen) atoms. The van der Waals surface area contributed by atoms with Gasteiger partial charge in [0.1, 0.15) is 0 Å². The van der Waals surface area contributed by atoms with E-state index in [4.69, 9.17) is 0 Å². The second-order valence-corrected chi connectivity index (χ2v) is 5.63. The van der Waals surface area contributed by atoms with Gasteiger partial charge in [0.05, 0.1) is 0 Å². The van der Waals surface area contributed by atoms with Gasteiger partial charge in [-0.2, -0.15) is 0 Å². The molecule has 3 rings (SSSR count). The molecule has 2 bridgehead atoms. The van der Waals surface area contributed by atoms with Crippen molar-refractivity contribution in [1.82, 2.24) is 0 Å². The summed E-state index contributed by atoms with van der Waals surface area (Å²) < 4.78 is 0. The Balaban J connectivity index is 1.87. The fourth-order valence-corrected chi connectivity index (χ4v) is 4.02. The molecular weight excluding hydrogens is 180 g/mol. The molecular formula is C15H20. The monoisotopic (exact) mass is 200 g/mol. The van der Waals surface area contributed by atoms with Gasteiger partial charge in [-0.05, 0) is 48.0 Å². The van der Waals surface area contributed by atoms with E-state index >= 15 is 0 Å². The van der Waals surface area contributed by atoms with Crippen molar-refractivity contribution in [2.75, 3.05) is 0 Å². The molecule has 2 aliphatic carbocycles. The molecule has 5 atom stereocenters. The molecule has 0 saturated heterocycles. The molecule has 0 heterocycles. The summed E-state index contributed by atoms with van der Waals surface area (Å²) in [5.74, 6) is 4.74. The molecule has 0 radical (unpaired) electrons. The third-order valence-electron chi connectivity index (χ3n) is 5.12. The first-order valence-corrected chi connectivity index (χ1v) is 6.32. The normalized spacial score (nSPS) is 43.5. The summed E-state index contributed by atoms with van der Waals surface area (Å²) in [6.07, 6.45) is 2.93. The minimum absolute atomic E-state index is 0.863. The first-order valence-electron chi connectivity index (χ1n) is 6.32. The van der Waals surface area contributed by atoms with Gasteiger partial charge in [-0.1, -0.05) is 44.2 Å². The van der Waals surface area contributed by atoms with Crippen LogP contribution in [0, 0.1) is 23.7 Å². The third kappa shape index (κ3) is 1.34. The minimum atomic E-state index is 0.863. The average molecular weight is 200 g/mol. The Morgan fingerprint density at radius 2 is 1.67 bits per heavy atom. The first-order chi connectivity index (χ1) is 7.27. The van der Waals surface area contributed by atoms with E-state index < -0.39 is 0 Å². The lowest BCUT2D eigenvalue weighted by Crippen LogP contribution is -2.22. The summed E-state index contributed by atoms with van der Waals surface area (Å²) in [4.78, 5) is 0. The molecule has 2 fully saturated rings. The summed E-state index contributed by atoms with van der Waals surface area (Å²) in [5, 5.41) is 0. The van der Waals surface area contributed by atoms with Gasteiger partial charge in [-0.3, -0.25) is 0 Å². The van der Waals surface area contributed by atoms with Crippen molar-refractivity contribution < 1.29 is 0 Å². The van der Waals surface area contributed by atoms with Crippen LogP contribution in [0.1, 0.15) is 38.2 Å². The van der Waals surface area contributed by atoms with Crippen molar-refractivity contribution in [3.05, 3.63) is 35.9 Å². The molecule has 0 heteroatoms. The largest absolute Gasteiger partial charge is 0.0622 e. The first kappa shape index (κ1) is 9.45. The lowest BCUT2D eigenvalue weighted by Gasteiger charge is -2.32. The SMILES string of the molecule is CC1C(C)[C@H]2C[C@H]1CC2c1ccccc1. The zero-order valence-electron chi connectivity index (χ0n) is 9.69. The van der Waals surface area contributed by atoms with E-state index in [1.54, 1.807) is 5.56 Å². The second kappa shape index (κ2) is 3.37. The fraction of sp³-hybridized carbons (Fsp3) is 0.600. The Labute approximate surface area is 92.7 Å². The van der Waals surface area contributed by atoms with Crippen LogP contribution >= 0.6 is 0 Å². The highest BCUT2D eigenvalue weighted by Crippen LogP contribution is 2.58. The van der Waals surface area contributed by atoms with Gasteiger partial charge in [0.25, 0.3) is 0 Å². The van der Waals surface area contributed by atoms with Crippen LogP contribution in [0.15, 0.2) is 30.3 Å². The Bertz CT molecular complexity index is 338. The van der Waals surface area contributed by atoms with Crippen LogP contribution in [0.2, 0.25) is 0 Å². The Morgan fingerprint density at radius 1 is 0.933 bits per heavy atom. The highest BCUT2D eigenvalue weighted by molar-refractivity contribution is 5.23. The van der Waals surface area contributed by atoms with Gasteiger partial charge in [0, 0.05) is 0 Å². The molecule has 0 spiro atoms. The van der Waals surface area contributed by atoms with Gasteiger partial charge in [-0.25, -0.2) is 0 Å². The molecule has 0 N–H and O–H groups in total. The molecule has 0 nitrogen and oxygen atoms in total. The molecule has 2 saturated carbocycles. The number of benzene rings is 1. The topological polar surface area (TPSA) is 0 Å². The molecule has 0 amide bonds. The van der Waals surface area contributed by atoms with Crippen LogP contribution in [-0.4, -0.2) is 0 Å². The maximum Gasteiger partial charge on any atom is -0.0128 e. The van der Waals surface area contributed by atoms with Crippen LogP contribution in [0.5, 0.6) is 0 Å². The van der Waals surface area contributed by atoms with E-state index in [0.29, 0.717) is 0 Å². The summed E-state index contributed by atoms with van der Waals surface area (Å²) in [6.45, 7) is 4.92. The maximum absolute atomic E-state index is 2.46. The highest BCUT2D eigenvalue weighted by atomic mass is 14.5. The number of rotatable bonds is 1. The van der Waals surface area contributed by atoms with E-state index in [-0.39, 0.29) is 0 Å². The predicted octanol–water partition coefficient (Wildman–Crippen LogP) is 4.08. The van der Waals surface area contributed by atoms with E-state index in [1.807, 2.05) is 0 Å². The Morgan fingerprint density at radius 3 is 2.27 bits per heavy atom. The van der Waals surface area contributed by atoms with E-state index in [0.717, 1.165) is 29.6 Å². The Hall–Kier alpha value is -0.780. The summed E-state index contributed by atoms with van der Waals surface area (Å²) >= 11 is 0. The predicted molar refractivity (Wildman–Crippen MR) is 63.7 cm³/mol. The fourth-order valence-electron chi connectivity index (χ4n) is 4.02. The molecule has 80 valence electrons. The summed E-state index contributed by atoms with van der Waals surface area (Å²) in [7, 11) is 0. The van der Waals surface area contributed by atoms with Gasteiger partial charge in [0.2, 0.25) is 0 Å². The van der Waals surface area contributed by atoms with Gasteiger partial charge < -0.3 is 0 Å². The van der Waals surface area contributed by atoms with Crippen molar-refractivity contribution in [3.63, 3.8) is 0 Å². The van der Waals surface area contributed by atoms with Crippen LogP contribution in [-0.2, 0) is 0 Å². The molecule has 1 aromatic carbocycles. The van der Waals surface area contributed by atoms with Crippen molar-refractivity contribution in [3.8, 4) is 0 Å². The van der Waals surface area contributed by atoms with E-state index in [2.05, 4.69) is 44.2 Å². The highest BCUT2D eigenvalue weighted by Gasteiger charge is 2.48. The average Bonchev–Trinajstić information content (AvgIpc) is 2.82. The van der Waals surface area contributed by atoms with Crippen molar-refractivity contribution >= 4 is 0 Å². The van der Waals surface area contributed by atoms with Crippen molar-refractivity contribution in [1.29, 1.82) is 0 Å². The number of hydrogen-bond donors (Lipinski definition) is 0. The number of fused-ring (bicyclic) bond motifs is 2. The minimum Gasteiger partial charge on any atom is -0.0622 e. The molecule has 0 aliphatic heterocycles.